The molecule has 0 heterocycles. The van der Waals surface area contributed by atoms with Crippen molar-refractivity contribution in [3.8, 4) is 5.75 Å². The minimum Gasteiger partial charge on any atom is -0.482 e. The molecule has 2 rings (SSSR count). The number of carboxylic acid groups (broad SMARTS) is 1. The summed E-state index contributed by atoms with van der Waals surface area (Å²) in [5, 5.41) is 20.3. The number of nitrogens with zero attached hydrogens (tertiary/aromatic N) is 2. The lowest BCUT2D eigenvalue weighted by Gasteiger charge is -2.22. The molecule has 0 aliphatic carbocycles. The van der Waals surface area contributed by atoms with E-state index in [2.05, 4.69) is 0 Å². The second kappa shape index (κ2) is 8.65. The van der Waals surface area contributed by atoms with Crippen molar-refractivity contribution in [2.45, 2.75) is 13.8 Å². The van der Waals surface area contributed by atoms with Crippen molar-refractivity contribution < 1.29 is 29.1 Å². The highest BCUT2D eigenvalue weighted by Crippen LogP contribution is 2.32. The van der Waals surface area contributed by atoms with Crippen molar-refractivity contribution in [2.24, 2.45) is 0 Å². The molecule has 1 amide bonds. The molecule has 9 nitrogen and oxygen atoms in total. The number of aryl methyl sites for hydroxylation is 1. The van der Waals surface area contributed by atoms with Gasteiger partial charge in [0.25, 0.3) is 5.69 Å². The number of ether oxygens (including phenoxy) is 2. The molecule has 0 spiro atoms. The van der Waals surface area contributed by atoms with Gasteiger partial charge in [-0.15, -0.1) is 0 Å². The molecule has 0 radical (unpaired) electrons. The number of carbonyl (C=O) groups is 2. The summed E-state index contributed by atoms with van der Waals surface area (Å²) in [6.45, 7) is 3.38. The van der Waals surface area contributed by atoms with Crippen molar-refractivity contribution >= 4 is 29.1 Å². The van der Waals surface area contributed by atoms with Crippen LogP contribution in [-0.4, -0.2) is 35.3 Å². The molecule has 27 heavy (non-hydrogen) atoms. The number of anilines is 2. The van der Waals surface area contributed by atoms with Crippen LogP contribution in [0, 0.1) is 17.0 Å². The Morgan fingerprint density at radius 3 is 2.37 bits per heavy atom. The molecule has 0 saturated carbocycles. The van der Waals surface area contributed by atoms with Crippen LogP contribution in [-0.2, 0) is 9.53 Å². The van der Waals surface area contributed by atoms with Crippen molar-refractivity contribution in [1.82, 2.24) is 0 Å². The summed E-state index contributed by atoms with van der Waals surface area (Å²) in [7, 11) is 0. The predicted octanol–water partition coefficient (Wildman–Crippen LogP) is 3.66. The molecule has 0 aliphatic rings. The zero-order valence-electron chi connectivity index (χ0n) is 14.7. The number of hydrogen-bond acceptors (Lipinski definition) is 6. The fraction of sp³-hybridized carbons (Fsp3) is 0.222. The first-order valence-electron chi connectivity index (χ1n) is 8.00. The quantitative estimate of drug-likeness (QED) is 0.446. The van der Waals surface area contributed by atoms with Crippen molar-refractivity contribution in [3.63, 3.8) is 0 Å². The van der Waals surface area contributed by atoms with Crippen LogP contribution in [0.2, 0.25) is 0 Å². The van der Waals surface area contributed by atoms with E-state index in [1.807, 2.05) is 0 Å². The molecule has 142 valence electrons. The van der Waals surface area contributed by atoms with E-state index >= 15 is 0 Å². The minimum absolute atomic E-state index is 0.136. The molecule has 2 aromatic carbocycles. The summed E-state index contributed by atoms with van der Waals surface area (Å²) >= 11 is 0. The lowest BCUT2D eigenvalue weighted by atomic mass is 10.1. The van der Waals surface area contributed by atoms with Crippen molar-refractivity contribution in [2.75, 3.05) is 18.1 Å². The summed E-state index contributed by atoms with van der Waals surface area (Å²) in [4.78, 5) is 34.3. The van der Waals surface area contributed by atoms with Gasteiger partial charge in [0.2, 0.25) is 0 Å². The van der Waals surface area contributed by atoms with Gasteiger partial charge in [-0.05, 0) is 49.7 Å². The van der Waals surface area contributed by atoms with Gasteiger partial charge in [0.05, 0.1) is 22.9 Å². The molecule has 0 aliphatic heterocycles. The van der Waals surface area contributed by atoms with Crippen LogP contribution in [0.3, 0.4) is 0 Å². The third kappa shape index (κ3) is 4.94. The Morgan fingerprint density at radius 1 is 1.19 bits per heavy atom. The number of nitro benzene ring substituents is 1. The van der Waals surface area contributed by atoms with Gasteiger partial charge in [-0.3, -0.25) is 10.1 Å². The SMILES string of the molecule is CCOC(=O)COc1ccc(N(C(=O)O)c2ccc([N+](=O)[O-])cc2)c(C)c1. The number of esters is 1. The number of hydrogen-bond donors (Lipinski definition) is 1. The first-order chi connectivity index (χ1) is 12.8. The first-order valence-corrected chi connectivity index (χ1v) is 8.00. The predicted molar refractivity (Wildman–Crippen MR) is 96.6 cm³/mol. The van der Waals surface area contributed by atoms with Crippen LogP contribution < -0.4 is 9.64 Å². The number of amides is 1. The van der Waals surface area contributed by atoms with Gasteiger partial charge in [0, 0.05) is 12.1 Å². The molecule has 0 saturated heterocycles. The smallest absolute Gasteiger partial charge is 0.416 e. The number of nitro groups is 1. The second-order valence-corrected chi connectivity index (χ2v) is 5.43. The molecule has 0 unspecified atom stereocenters. The third-order valence-corrected chi connectivity index (χ3v) is 3.58. The molecule has 0 atom stereocenters. The molecule has 1 N–H and O–H groups in total. The zero-order valence-corrected chi connectivity index (χ0v) is 14.7. The summed E-state index contributed by atoms with van der Waals surface area (Å²) in [6, 6.07) is 9.84. The monoisotopic (exact) mass is 374 g/mol. The van der Waals surface area contributed by atoms with E-state index in [-0.39, 0.29) is 24.6 Å². The van der Waals surface area contributed by atoms with E-state index in [4.69, 9.17) is 9.47 Å². The standard InChI is InChI=1S/C18H18N2O7/c1-3-26-17(21)11-27-15-8-9-16(12(2)10-15)19(18(22)23)13-4-6-14(7-5-13)20(24)25/h4-10H,3,11H2,1-2H3,(H,22,23). The lowest BCUT2D eigenvalue weighted by Crippen LogP contribution is -2.24. The average molecular weight is 374 g/mol. The topological polar surface area (TPSA) is 119 Å². The summed E-state index contributed by atoms with van der Waals surface area (Å²) in [6.07, 6.45) is -1.24. The number of carbonyl (C=O) groups excluding carboxylic acids is 1. The summed E-state index contributed by atoms with van der Waals surface area (Å²) in [5.74, 6) is -0.115. The van der Waals surface area contributed by atoms with Gasteiger partial charge in [-0.2, -0.15) is 0 Å². The molecule has 2 aromatic rings. The van der Waals surface area contributed by atoms with Crippen LogP contribution in [0.5, 0.6) is 5.75 Å². The third-order valence-electron chi connectivity index (χ3n) is 3.58. The molecule has 0 fully saturated rings. The van der Waals surface area contributed by atoms with Gasteiger partial charge in [-0.1, -0.05) is 0 Å². The Labute approximate surface area is 154 Å². The molecular formula is C18H18N2O7. The van der Waals surface area contributed by atoms with E-state index in [0.29, 0.717) is 17.0 Å². The normalized spacial score (nSPS) is 10.1. The Hall–Kier alpha value is -3.62. The molecule has 0 bridgehead atoms. The average Bonchev–Trinajstić information content (AvgIpc) is 2.62. The highest BCUT2D eigenvalue weighted by molar-refractivity contribution is 5.95. The summed E-state index contributed by atoms with van der Waals surface area (Å²) in [5.41, 5.74) is 1.07. The Kier molecular flexibility index (Phi) is 6.32. The van der Waals surface area contributed by atoms with Crippen LogP contribution in [0.1, 0.15) is 12.5 Å². The van der Waals surface area contributed by atoms with Crippen LogP contribution in [0.25, 0.3) is 0 Å². The zero-order chi connectivity index (χ0) is 20.0. The number of rotatable bonds is 7. The maximum Gasteiger partial charge on any atom is 0.416 e. The highest BCUT2D eigenvalue weighted by atomic mass is 16.6. The fourth-order valence-corrected chi connectivity index (χ4v) is 2.39. The van der Waals surface area contributed by atoms with Crippen molar-refractivity contribution in [3.05, 3.63) is 58.1 Å². The second-order valence-electron chi connectivity index (χ2n) is 5.43. The van der Waals surface area contributed by atoms with E-state index in [1.165, 1.54) is 36.4 Å². The number of non-ortho nitro benzene ring substituents is 1. The van der Waals surface area contributed by atoms with Gasteiger partial charge < -0.3 is 14.6 Å². The van der Waals surface area contributed by atoms with E-state index in [1.54, 1.807) is 19.9 Å². The minimum atomic E-state index is -1.24. The molecular weight excluding hydrogens is 356 g/mol. The van der Waals surface area contributed by atoms with Crippen molar-refractivity contribution in [1.29, 1.82) is 0 Å². The van der Waals surface area contributed by atoms with Crippen LogP contribution >= 0.6 is 0 Å². The van der Waals surface area contributed by atoms with Crippen LogP contribution in [0.4, 0.5) is 21.9 Å². The molecule has 9 heteroatoms. The largest absolute Gasteiger partial charge is 0.482 e. The van der Waals surface area contributed by atoms with Gasteiger partial charge in [0.15, 0.2) is 6.61 Å². The van der Waals surface area contributed by atoms with Gasteiger partial charge in [-0.25, -0.2) is 14.5 Å². The Balaban J connectivity index is 2.26. The first kappa shape index (κ1) is 19.7. The van der Waals surface area contributed by atoms with E-state index in [0.717, 1.165) is 4.90 Å². The maximum atomic E-state index is 11.7. The van der Waals surface area contributed by atoms with Gasteiger partial charge in [0.1, 0.15) is 5.75 Å². The fourth-order valence-electron chi connectivity index (χ4n) is 2.39. The molecule has 0 aromatic heterocycles. The Bertz CT molecular complexity index is 849. The summed E-state index contributed by atoms with van der Waals surface area (Å²) < 4.78 is 10.1. The van der Waals surface area contributed by atoms with Crippen LogP contribution in [0.15, 0.2) is 42.5 Å². The number of benzene rings is 2. The maximum absolute atomic E-state index is 11.7. The lowest BCUT2D eigenvalue weighted by molar-refractivity contribution is -0.384. The highest BCUT2D eigenvalue weighted by Gasteiger charge is 2.20. The van der Waals surface area contributed by atoms with Gasteiger partial charge >= 0.3 is 12.1 Å². The van der Waals surface area contributed by atoms with E-state index in [9.17, 15) is 24.8 Å². The van der Waals surface area contributed by atoms with E-state index < -0.39 is 17.0 Å². The Morgan fingerprint density at radius 2 is 1.85 bits per heavy atom.